The van der Waals surface area contributed by atoms with Crippen molar-refractivity contribution in [1.29, 1.82) is 0 Å². The second-order valence-corrected chi connectivity index (χ2v) is 8.12. The van der Waals surface area contributed by atoms with Gasteiger partial charge in [0.05, 0.1) is 0 Å². The Labute approximate surface area is 148 Å². The minimum absolute atomic E-state index is 0.314. The van der Waals surface area contributed by atoms with E-state index in [0.717, 1.165) is 16.3 Å². The maximum atomic E-state index is 12.0. The molecule has 25 heavy (non-hydrogen) atoms. The summed E-state index contributed by atoms with van der Waals surface area (Å²) < 4.78 is 10.6. The average molecular weight is 346 g/mol. The third-order valence-corrected chi connectivity index (χ3v) is 3.67. The van der Waals surface area contributed by atoms with Gasteiger partial charge in [0.25, 0.3) is 0 Å². The van der Waals surface area contributed by atoms with Crippen molar-refractivity contribution in [3.8, 4) is 5.75 Å². The fourth-order valence-corrected chi connectivity index (χ4v) is 2.67. The number of hydrogen-bond acceptors (Lipinski definition) is 5. The van der Waals surface area contributed by atoms with Crippen LogP contribution >= 0.6 is 0 Å². The standard InChI is InChI=1S/C20H26O5/c1-19(2,3)17(25-22)15-11-7-10-14-13(15)9-8-12-16(14)23-18(21)24-20(4,5)6/h7-12,17,22H,1-6H3. The Bertz CT molecular complexity index is 753. The van der Waals surface area contributed by atoms with Crippen LogP contribution in [0.4, 0.5) is 4.79 Å². The lowest BCUT2D eigenvalue weighted by atomic mass is 9.83. The van der Waals surface area contributed by atoms with E-state index in [-0.39, 0.29) is 5.41 Å². The zero-order chi connectivity index (χ0) is 18.8. The van der Waals surface area contributed by atoms with Gasteiger partial charge in [0.1, 0.15) is 17.5 Å². The van der Waals surface area contributed by atoms with Crippen molar-refractivity contribution in [3.05, 3.63) is 42.0 Å². The first kappa shape index (κ1) is 19.2. The van der Waals surface area contributed by atoms with Gasteiger partial charge in [0.2, 0.25) is 0 Å². The van der Waals surface area contributed by atoms with Crippen LogP contribution in [0.3, 0.4) is 0 Å². The van der Waals surface area contributed by atoms with E-state index in [1.165, 1.54) is 0 Å². The summed E-state index contributed by atoms with van der Waals surface area (Å²) in [6.07, 6.45) is -1.27. The average Bonchev–Trinajstić information content (AvgIpc) is 2.45. The lowest BCUT2D eigenvalue weighted by molar-refractivity contribution is -0.303. The summed E-state index contributed by atoms with van der Waals surface area (Å²) in [7, 11) is 0. The topological polar surface area (TPSA) is 65.0 Å². The molecule has 2 aromatic carbocycles. The highest BCUT2D eigenvalue weighted by Crippen LogP contribution is 2.40. The summed E-state index contributed by atoms with van der Waals surface area (Å²) in [5.74, 6) is 0.402. The molecule has 0 radical (unpaired) electrons. The normalized spacial score (nSPS) is 13.6. The fraction of sp³-hybridized carbons (Fsp3) is 0.450. The summed E-state index contributed by atoms with van der Waals surface area (Å²) in [4.78, 5) is 16.8. The SMILES string of the molecule is CC(C)(C)OC(=O)Oc1cccc2c(C(OO)C(C)(C)C)cccc12. The van der Waals surface area contributed by atoms with Crippen LogP contribution in [0.5, 0.6) is 5.75 Å². The Hall–Kier alpha value is -2.11. The molecule has 5 nitrogen and oxygen atoms in total. The summed E-state index contributed by atoms with van der Waals surface area (Å²) in [5.41, 5.74) is -0.123. The first-order valence-corrected chi connectivity index (χ1v) is 8.25. The Kier molecular flexibility index (Phi) is 5.40. The van der Waals surface area contributed by atoms with E-state index in [0.29, 0.717) is 5.75 Å². The molecule has 1 unspecified atom stereocenters. The third kappa shape index (κ3) is 4.71. The second-order valence-electron chi connectivity index (χ2n) is 8.12. The monoisotopic (exact) mass is 346 g/mol. The van der Waals surface area contributed by atoms with Gasteiger partial charge in [0.15, 0.2) is 0 Å². The van der Waals surface area contributed by atoms with E-state index in [1.807, 2.05) is 45.0 Å². The summed E-state index contributed by atoms with van der Waals surface area (Å²) in [6, 6.07) is 11.0. The Morgan fingerprint density at radius 2 is 1.56 bits per heavy atom. The van der Waals surface area contributed by atoms with Gasteiger partial charge in [0, 0.05) is 5.39 Å². The molecule has 0 heterocycles. The van der Waals surface area contributed by atoms with E-state index in [4.69, 9.17) is 14.4 Å². The number of fused-ring (bicyclic) bond motifs is 1. The van der Waals surface area contributed by atoms with Crippen molar-refractivity contribution in [2.24, 2.45) is 5.41 Å². The van der Waals surface area contributed by atoms with Gasteiger partial charge in [-0.1, -0.05) is 51.1 Å². The summed E-state index contributed by atoms with van der Waals surface area (Å²) in [5, 5.41) is 11.0. The van der Waals surface area contributed by atoms with E-state index < -0.39 is 17.9 Å². The van der Waals surface area contributed by atoms with Gasteiger partial charge >= 0.3 is 6.16 Å². The first-order chi connectivity index (χ1) is 11.5. The Morgan fingerprint density at radius 3 is 2.12 bits per heavy atom. The minimum atomic E-state index is -0.754. The van der Waals surface area contributed by atoms with Crippen molar-refractivity contribution in [3.63, 3.8) is 0 Å². The molecule has 0 saturated heterocycles. The molecular formula is C20H26O5. The summed E-state index contributed by atoms with van der Waals surface area (Å²) in [6.45, 7) is 11.3. The van der Waals surface area contributed by atoms with E-state index in [1.54, 1.807) is 32.9 Å². The molecule has 1 N–H and O–H groups in total. The molecule has 0 fully saturated rings. The van der Waals surface area contributed by atoms with Crippen molar-refractivity contribution < 1.29 is 24.4 Å². The Morgan fingerprint density at radius 1 is 0.960 bits per heavy atom. The molecule has 0 bridgehead atoms. The number of benzene rings is 2. The zero-order valence-electron chi connectivity index (χ0n) is 15.6. The molecule has 5 heteroatoms. The first-order valence-electron chi connectivity index (χ1n) is 8.25. The predicted molar refractivity (Wildman–Crippen MR) is 96.7 cm³/mol. The number of hydrogen-bond donors (Lipinski definition) is 1. The fourth-order valence-electron chi connectivity index (χ4n) is 2.67. The van der Waals surface area contributed by atoms with Gasteiger partial charge in [-0.15, -0.1) is 0 Å². The number of rotatable bonds is 3. The molecule has 2 aromatic rings. The van der Waals surface area contributed by atoms with Crippen LogP contribution in [0.25, 0.3) is 10.8 Å². The summed E-state index contributed by atoms with van der Waals surface area (Å²) >= 11 is 0. The molecule has 136 valence electrons. The van der Waals surface area contributed by atoms with Gasteiger partial charge < -0.3 is 9.47 Å². The third-order valence-electron chi connectivity index (χ3n) is 3.67. The lowest BCUT2D eigenvalue weighted by Gasteiger charge is -2.29. The number of carbonyl (C=O) groups is 1. The van der Waals surface area contributed by atoms with Crippen LogP contribution in [-0.4, -0.2) is 17.0 Å². The molecule has 0 amide bonds. The van der Waals surface area contributed by atoms with Gasteiger partial charge in [-0.3, -0.25) is 5.26 Å². The quantitative estimate of drug-likeness (QED) is 0.333. The highest BCUT2D eigenvalue weighted by Gasteiger charge is 2.29. The minimum Gasteiger partial charge on any atom is -0.428 e. The van der Waals surface area contributed by atoms with E-state index in [9.17, 15) is 10.1 Å². The Balaban J connectivity index is 2.46. The molecule has 0 aliphatic rings. The van der Waals surface area contributed by atoms with Crippen LogP contribution < -0.4 is 4.74 Å². The van der Waals surface area contributed by atoms with E-state index in [2.05, 4.69) is 0 Å². The zero-order valence-corrected chi connectivity index (χ0v) is 15.6. The van der Waals surface area contributed by atoms with Crippen LogP contribution in [0.15, 0.2) is 36.4 Å². The van der Waals surface area contributed by atoms with Crippen molar-refractivity contribution in [2.45, 2.75) is 53.2 Å². The molecule has 0 aliphatic heterocycles. The molecule has 0 spiro atoms. The van der Waals surface area contributed by atoms with Crippen LogP contribution in [0.1, 0.15) is 53.2 Å². The number of ether oxygens (including phenoxy) is 2. The van der Waals surface area contributed by atoms with Crippen molar-refractivity contribution in [1.82, 2.24) is 0 Å². The molecular weight excluding hydrogens is 320 g/mol. The van der Waals surface area contributed by atoms with Gasteiger partial charge in [-0.25, -0.2) is 9.68 Å². The maximum absolute atomic E-state index is 12.0. The highest BCUT2D eigenvalue weighted by atomic mass is 17.1. The molecule has 1 atom stereocenters. The molecule has 0 saturated carbocycles. The molecule has 0 aliphatic carbocycles. The molecule has 0 aromatic heterocycles. The smallest absolute Gasteiger partial charge is 0.428 e. The maximum Gasteiger partial charge on any atom is 0.514 e. The second kappa shape index (κ2) is 7.02. The highest BCUT2D eigenvalue weighted by molar-refractivity contribution is 5.92. The van der Waals surface area contributed by atoms with E-state index >= 15 is 0 Å². The van der Waals surface area contributed by atoms with Crippen LogP contribution in [0, 0.1) is 5.41 Å². The predicted octanol–water partition coefficient (Wildman–Crippen LogP) is 5.73. The van der Waals surface area contributed by atoms with Gasteiger partial charge in [-0.2, -0.15) is 0 Å². The molecule has 2 rings (SSSR count). The van der Waals surface area contributed by atoms with Crippen molar-refractivity contribution in [2.75, 3.05) is 0 Å². The lowest BCUT2D eigenvalue weighted by Crippen LogP contribution is -2.26. The van der Waals surface area contributed by atoms with Crippen molar-refractivity contribution >= 4 is 16.9 Å². The largest absolute Gasteiger partial charge is 0.514 e. The van der Waals surface area contributed by atoms with Gasteiger partial charge in [-0.05, 0) is 43.2 Å². The van der Waals surface area contributed by atoms with Crippen LogP contribution in [-0.2, 0) is 9.62 Å². The van der Waals surface area contributed by atoms with Crippen LogP contribution in [0.2, 0.25) is 0 Å². The number of carbonyl (C=O) groups excluding carboxylic acids is 1.